The quantitative estimate of drug-likeness (QED) is 0.842. The summed E-state index contributed by atoms with van der Waals surface area (Å²) in [6.07, 6.45) is 0. The number of halogens is 1. The Balaban J connectivity index is 2.14. The number of benzene rings is 2. The van der Waals surface area contributed by atoms with Gasteiger partial charge in [-0.15, -0.1) is 0 Å². The third-order valence-corrected chi connectivity index (χ3v) is 4.02. The van der Waals surface area contributed by atoms with Crippen molar-refractivity contribution in [3.8, 4) is 0 Å². The maximum absolute atomic E-state index is 3.61. The molecule has 0 unspecified atom stereocenters. The third-order valence-electron chi connectivity index (χ3n) is 3.28. The topological polar surface area (TPSA) is 12.0 Å². The molecule has 0 bridgehead atoms. The van der Waals surface area contributed by atoms with E-state index in [0.29, 0.717) is 0 Å². The van der Waals surface area contributed by atoms with Gasteiger partial charge >= 0.3 is 0 Å². The molecule has 0 aliphatic carbocycles. The molecule has 0 amide bonds. The second-order valence-electron chi connectivity index (χ2n) is 4.70. The van der Waals surface area contributed by atoms with Crippen molar-refractivity contribution < 1.29 is 0 Å². The van der Waals surface area contributed by atoms with Gasteiger partial charge in [0.2, 0.25) is 0 Å². The van der Waals surface area contributed by atoms with Crippen LogP contribution >= 0.6 is 15.9 Å². The van der Waals surface area contributed by atoms with E-state index in [-0.39, 0.29) is 0 Å². The van der Waals surface area contributed by atoms with Crippen LogP contribution in [0.5, 0.6) is 0 Å². The van der Waals surface area contributed by atoms with Crippen molar-refractivity contribution in [3.63, 3.8) is 0 Å². The van der Waals surface area contributed by atoms with Gasteiger partial charge < -0.3 is 5.32 Å². The lowest BCUT2D eigenvalue weighted by molar-refractivity contribution is 1.12. The lowest BCUT2D eigenvalue weighted by Crippen LogP contribution is -2.02. The third kappa shape index (κ3) is 2.94. The summed E-state index contributed by atoms with van der Waals surface area (Å²) in [4.78, 5) is 0. The van der Waals surface area contributed by atoms with Crippen molar-refractivity contribution in [2.45, 2.75) is 27.3 Å². The van der Waals surface area contributed by atoms with Crippen LogP contribution in [0.2, 0.25) is 0 Å². The molecule has 0 saturated carbocycles. The van der Waals surface area contributed by atoms with Gasteiger partial charge in [0.25, 0.3) is 0 Å². The molecule has 0 saturated heterocycles. The molecule has 2 heteroatoms. The predicted octanol–water partition coefficient (Wildman–Crippen LogP) is 4.99. The summed E-state index contributed by atoms with van der Waals surface area (Å²) in [6, 6.07) is 12.8. The Labute approximate surface area is 117 Å². The van der Waals surface area contributed by atoms with Crippen LogP contribution in [-0.2, 0) is 6.54 Å². The molecule has 2 aromatic rings. The Morgan fingerprint density at radius 2 is 1.83 bits per heavy atom. The molecular formula is C16H18BrN. The van der Waals surface area contributed by atoms with Gasteiger partial charge in [0, 0.05) is 16.7 Å². The van der Waals surface area contributed by atoms with Crippen molar-refractivity contribution in [2.75, 3.05) is 5.32 Å². The van der Waals surface area contributed by atoms with Gasteiger partial charge in [-0.05, 0) is 55.2 Å². The first-order valence-electron chi connectivity index (χ1n) is 6.13. The molecule has 94 valence electrons. The summed E-state index contributed by atoms with van der Waals surface area (Å²) in [5, 5.41) is 3.50. The van der Waals surface area contributed by atoms with E-state index in [2.05, 4.69) is 78.4 Å². The lowest BCUT2D eigenvalue weighted by atomic mass is 10.1. The van der Waals surface area contributed by atoms with Crippen molar-refractivity contribution in [2.24, 2.45) is 0 Å². The number of hydrogen-bond donors (Lipinski definition) is 1. The fourth-order valence-corrected chi connectivity index (χ4v) is 2.56. The first kappa shape index (κ1) is 13.2. The number of anilines is 1. The second kappa shape index (κ2) is 5.57. The Kier molecular flexibility index (Phi) is 4.07. The van der Waals surface area contributed by atoms with Gasteiger partial charge in [0.15, 0.2) is 0 Å². The number of nitrogens with one attached hydrogen (secondary N) is 1. The molecule has 0 aromatic heterocycles. The van der Waals surface area contributed by atoms with Gasteiger partial charge in [0.1, 0.15) is 0 Å². The molecule has 0 aliphatic rings. The monoisotopic (exact) mass is 303 g/mol. The van der Waals surface area contributed by atoms with E-state index in [9.17, 15) is 0 Å². The molecule has 0 atom stereocenters. The smallest absolute Gasteiger partial charge is 0.0412 e. The van der Waals surface area contributed by atoms with E-state index in [1.165, 1.54) is 32.4 Å². The van der Waals surface area contributed by atoms with Crippen LogP contribution in [-0.4, -0.2) is 0 Å². The largest absolute Gasteiger partial charge is 0.381 e. The zero-order chi connectivity index (χ0) is 13.1. The Bertz CT molecular complexity index is 561. The molecule has 18 heavy (non-hydrogen) atoms. The van der Waals surface area contributed by atoms with Gasteiger partial charge in [0.05, 0.1) is 0 Å². The highest BCUT2D eigenvalue weighted by molar-refractivity contribution is 9.10. The summed E-state index contributed by atoms with van der Waals surface area (Å²) in [5.74, 6) is 0. The van der Waals surface area contributed by atoms with Gasteiger partial charge in [-0.3, -0.25) is 0 Å². The van der Waals surface area contributed by atoms with E-state index in [0.717, 1.165) is 6.54 Å². The molecule has 0 radical (unpaired) electrons. The lowest BCUT2D eigenvalue weighted by Gasteiger charge is -2.12. The fourth-order valence-electron chi connectivity index (χ4n) is 1.93. The molecule has 2 rings (SSSR count). The normalized spacial score (nSPS) is 10.4. The summed E-state index contributed by atoms with van der Waals surface area (Å²) in [7, 11) is 0. The first-order chi connectivity index (χ1) is 8.58. The fraction of sp³-hybridized carbons (Fsp3) is 0.250. The standard InChI is InChI=1S/C16H18BrN/c1-11-7-8-14(15(17)9-11)10-18-16-6-4-5-12(2)13(16)3/h4-9,18H,10H2,1-3H3. The zero-order valence-corrected chi connectivity index (χ0v) is 12.6. The molecule has 2 aromatic carbocycles. The Morgan fingerprint density at radius 1 is 1.06 bits per heavy atom. The minimum Gasteiger partial charge on any atom is -0.381 e. The summed E-state index contributed by atoms with van der Waals surface area (Å²) < 4.78 is 1.17. The highest BCUT2D eigenvalue weighted by Crippen LogP contribution is 2.22. The van der Waals surface area contributed by atoms with Gasteiger partial charge in [-0.1, -0.05) is 40.2 Å². The predicted molar refractivity (Wildman–Crippen MR) is 82.1 cm³/mol. The first-order valence-corrected chi connectivity index (χ1v) is 6.92. The highest BCUT2D eigenvalue weighted by atomic mass is 79.9. The average molecular weight is 304 g/mol. The summed E-state index contributed by atoms with van der Waals surface area (Å²) in [6.45, 7) is 7.24. The molecule has 0 spiro atoms. The number of aryl methyl sites for hydroxylation is 2. The molecule has 0 heterocycles. The second-order valence-corrected chi connectivity index (χ2v) is 5.55. The molecule has 1 nitrogen and oxygen atoms in total. The Hall–Kier alpha value is -1.28. The van der Waals surface area contributed by atoms with Crippen molar-refractivity contribution in [1.82, 2.24) is 0 Å². The van der Waals surface area contributed by atoms with Crippen molar-refractivity contribution in [3.05, 3.63) is 63.1 Å². The van der Waals surface area contributed by atoms with Crippen LogP contribution in [0.15, 0.2) is 40.9 Å². The van der Waals surface area contributed by atoms with E-state index in [1.807, 2.05) is 0 Å². The molecule has 0 fully saturated rings. The van der Waals surface area contributed by atoms with Crippen LogP contribution in [0.1, 0.15) is 22.3 Å². The molecule has 1 N–H and O–H groups in total. The minimum absolute atomic E-state index is 0.838. The molecule has 0 aliphatic heterocycles. The Morgan fingerprint density at radius 3 is 2.56 bits per heavy atom. The molecular weight excluding hydrogens is 286 g/mol. The SMILES string of the molecule is Cc1ccc(CNc2cccc(C)c2C)c(Br)c1. The minimum atomic E-state index is 0.838. The maximum Gasteiger partial charge on any atom is 0.0412 e. The number of rotatable bonds is 3. The van der Waals surface area contributed by atoms with Crippen LogP contribution in [0, 0.1) is 20.8 Å². The van der Waals surface area contributed by atoms with Crippen LogP contribution in [0.3, 0.4) is 0 Å². The summed E-state index contributed by atoms with van der Waals surface area (Å²) >= 11 is 3.61. The van der Waals surface area contributed by atoms with Gasteiger partial charge in [-0.25, -0.2) is 0 Å². The maximum atomic E-state index is 3.61. The van der Waals surface area contributed by atoms with Crippen LogP contribution in [0.25, 0.3) is 0 Å². The zero-order valence-electron chi connectivity index (χ0n) is 11.0. The van der Waals surface area contributed by atoms with E-state index >= 15 is 0 Å². The average Bonchev–Trinajstić information content (AvgIpc) is 2.33. The van der Waals surface area contributed by atoms with E-state index < -0.39 is 0 Å². The van der Waals surface area contributed by atoms with Crippen molar-refractivity contribution >= 4 is 21.6 Å². The highest BCUT2D eigenvalue weighted by Gasteiger charge is 2.03. The number of hydrogen-bond acceptors (Lipinski definition) is 1. The van der Waals surface area contributed by atoms with Crippen LogP contribution in [0.4, 0.5) is 5.69 Å². The van der Waals surface area contributed by atoms with Crippen molar-refractivity contribution in [1.29, 1.82) is 0 Å². The van der Waals surface area contributed by atoms with Gasteiger partial charge in [-0.2, -0.15) is 0 Å². The van der Waals surface area contributed by atoms with E-state index in [1.54, 1.807) is 0 Å². The summed E-state index contributed by atoms with van der Waals surface area (Å²) in [5.41, 5.74) is 6.41. The van der Waals surface area contributed by atoms with E-state index in [4.69, 9.17) is 0 Å². The van der Waals surface area contributed by atoms with Crippen LogP contribution < -0.4 is 5.32 Å².